The van der Waals surface area contributed by atoms with E-state index in [1.807, 2.05) is 11.0 Å². The lowest BCUT2D eigenvalue weighted by molar-refractivity contribution is -0.385. The van der Waals surface area contributed by atoms with E-state index in [1.165, 1.54) is 12.1 Å². The molecule has 2 rings (SSSR count). The van der Waals surface area contributed by atoms with Crippen LogP contribution in [0.3, 0.4) is 0 Å². The molecule has 1 unspecified atom stereocenters. The Bertz CT molecular complexity index is 550. The first-order valence-corrected chi connectivity index (χ1v) is 6.93. The van der Waals surface area contributed by atoms with Gasteiger partial charge in [-0.05, 0) is 31.5 Å². The number of aliphatic hydroxyl groups excluding tert-OH is 1. The molecule has 7 heteroatoms. The first-order valence-electron chi connectivity index (χ1n) is 6.93. The second-order valence-electron chi connectivity index (χ2n) is 5.03. The highest BCUT2D eigenvalue weighted by Gasteiger charge is 2.21. The molecular formula is C14H18N4O3. The number of hydrogen-bond donors (Lipinski definition) is 2. The lowest BCUT2D eigenvalue weighted by Crippen LogP contribution is -2.39. The van der Waals surface area contributed by atoms with E-state index >= 15 is 0 Å². The highest BCUT2D eigenvalue weighted by atomic mass is 16.6. The Labute approximate surface area is 122 Å². The predicted molar refractivity (Wildman–Crippen MR) is 78.1 cm³/mol. The van der Waals surface area contributed by atoms with Crippen molar-refractivity contribution < 1.29 is 10.0 Å². The minimum Gasteiger partial charge on any atom is -0.395 e. The molecule has 7 nitrogen and oxygen atoms in total. The summed E-state index contributed by atoms with van der Waals surface area (Å²) in [5.41, 5.74) is 0.507. The van der Waals surface area contributed by atoms with E-state index < -0.39 is 4.92 Å². The van der Waals surface area contributed by atoms with Crippen molar-refractivity contribution in [1.82, 2.24) is 5.32 Å². The Morgan fingerprint density at radius 1 is 1.57 bits per heavy atom. The van der Waals surface area contributed by atoms with E-state index in [9.17, 15) is 15.2 Å². The third-order valence-electron chi connectivity index (χ3n) is 3.64. The first kappa shape index (κ1) is 15.2. The van der Waals surface area contributed by atoms with Gasteiger partial charge in [0.2, 0.25) is 0 Å². The quantitative estimate of drug-likeness (QED) is 0.599. The van der Waals surface area contributed by atoms with Crippen LogP contribution >= 0.6 is 0 Å². The molecule has 1 aliphatic rings. The molecule has 1 fully saturated rings. The fraction of sp³-hybridized carbons (Fsp3) is 0.500. The fourth-order valence-corrected chi connectivity index (χ4v) is 2.59. The molecule has 0 saturated carbocycles. The molecule has 1 aliphatic heterocycles. The van der Waals surface area contributed by atoms with Crippen LogP contribution in [-0.4, -0.2) is 42.3 Å². The van der Waals surface area contributed by atoms with E-state index in [0.717, 1.165) is 19.4 Å². The summed E-state index contributed by atoms with van der Waals surface area (Å²) >= 11 is 0. The van der Waals surface area contributed by atoms with E-state index in [2.05, 4.69) is 5.32 Å². The van der Waals surface area contributed by atoms with E-state index in [4.69, 9.17) is 5.26 Å². The molecular weight excluding hydrogens is 272 g/mol. The summed E-state index contributed by atoms with van der Waals surface area (Å²) < 4.78 is 0. The summed E-state index contributed by atoms with van der Waals surface area (Å²) in [6.07, 6.45) is 2.17. The molecule has 112 valence electrons. The van der Waals surface area contributed by atoms with Crippen LogP contribution in [-0.2, 0) is 0 Å². The number of hydrogen-bond acceptors (Lipinski definition) is 6. The smallest absolute Gasteiger partial charge is 0.289 e. The predicted octanol–water partition coefficient (Wildman–Crippen LogP) is 1.02. The molecule has 1 saturated heterocycles. The van der Waals surface area contributed by atoms with Gasteiger partial charge in [0.25, 0.3) is 5.69 Å². The fourth-order valence-electron chi connectivity index (χ4n) is 2.59. The van der Waals surface area contributed by atoms with Gasteiger partial charge in [-0.1, -0.05) is 0 Å². The van der Waals surface area contributed by atoms with Crippen LogP contribution in [0.1, 0.15) is 18.4 Å². The van der Waals surface area contributed by atoms with Gasteiger partial charge in [-0.2, -0.15) is 5.26 Å². The van der Waals surface area contributed by atoms with Gasteiger partial charge >= 0.3 is 0 Å². The third kappa shape index (κ3) is 3.68. The zero-order chi connectivity index (χ0) is 15.2. The molecule has 0 spiro atoms. The molecule has 0 aliphatic carbocycles. The van der Waals surface area contributed by atoms with Crippen molar-refractivity contribution in [3.8, 4) is 6.07 Å². The first-order chi connectivity index (χ1) is 10.2. The molecule has 0 bridgehead atoms. The zero-order valence-electron chi connectivity index (χ0n) is 11.7. The van der Waals surface area contributed by atoms with Crippen molar-refractivity contribution in [2.75, 3.05) is 31.1 Å². The lowest BCUT2D eigenvalue weighted by atomic mass is 10.1. The average Bonchev–Trinajstić information content (AvgIpc) is 2.99. The Kier molecular flexibility index (Phi) is 5.09. The number of nitrogens with one attached hydrogen (secondary N) is 1. The maximum Gasteiger partial charge on any atom is 0.289 e. The number of benzene rings is 1. The Morgan fingerprint density at radius 2 is 2.38 bits per heavy atom. The molecule has 0 aromatic heterocycles. The summed E-state index contributed by atoms with van der Waals surface area (Å²) in [6.45, 7) is 2.04. The van der Waals surface area contributed by atoms with Crippen LogP contribution in [0.4, 0.5) is 11.4 Å². The summed E-state index contributed by atoms with van der Waals surface area (Å²) in [7, 11) is 0. The van der Waals surface area contributed by atoms with Crippen molar-refractivity contribution in [2.45, 2.75) is 18.9 Å². The number of rotatable bonds is 6. The van der Waals surface area contributed by atoms with Crippen LogP contribution in [0.5, 0.6) is 0 Å². The topological polar surface area (TPSA) is 102 Å². The van der Waals surface area contributed by atoms with E-state index in [-0.39, 0.29) is 17.9 Å². The van der Waals surface area contributed by atoms with Gasteiger partial charge < -0.3 is 15.3 Å². The number of nitriles is 1. The summed E-state index contributed by atoms with van der Waals surface area (Å²) in [5.74, 6) is 0. The second kappa shape index (κ2) is 7.02. The maximum atomic E-state index is 11.0. The van der Waals surface area contributed by atoms with Crippen molar-refractivity contribution in [2.24, 2.45) is 0 Å². The van der Waals surface area contributed by atoms with Gasteiger partial charge in [-0.3, -0.25) is 10.1 Å². The molecule has 2 N–H and O–H groups in total. The number of anilines is 1. The largest absolute Gasteiger partial charge is 0.395 e. The van der Waals surface area contributed by atoms with Crippen LogP contribution in [0, 0.1) is 21.4 Å². The van der Waals surface area contributed by atoms with Crippen molar-refractivity contribution in [1.29, 1.82) is 5.26 Å². The monoisotopic (exact) mass is 290 g/mol. The van der Waals surface area contributed by atoms with Crippen LogP contribution in [0.25, 0.3) is 0 Å². The lowest BCUT2D eigenvalue weighted by Gasteiger charge is -2.27. The van der Waals surface area contributed by atoms with Crippen molar-refractivity contribution >= 4 is 11.4 Å². The Hall–Kier alpha value is -2.17. The molecule has 1 heterocycles. The number of nitrogens with zero attached hydrogens (tertiary/aromatic N) is 3. The zero-order valence-corrected chi connectivity index (χ0v) is 11.7. The Balaban J connectivity index is 2.24. The van der Waals surface area contributed by atoms with Gasteiger partial charge in [0, 0.05) is 30.9 Å². The number of nitro benzene ring substituents is 1. The minimum atomic E-state index is -0.549. The van der Waals surface area contributed by atoms with Gasteiger partial charge in [0.05, 0.1) is 11.5 Å². The minimum absolute atomic E-state index is 0.0273. The number of nitro groups is 1. The highest BCUT2D eigenvalue weighted by Crippen LogP contribution is 2.25. The molecule has 1 atom stereocenters. The van der Waals surface area contributed by atoms with Crippen LogP contribution in [0.2, 0.25) is 0 Å². The molecule has 1 aromatic carbocycles. The summed E-state index contributed by atoms with van der Waals surface area (Å²) in [5, 5.41) is 32.5. The Morgan fingerprint density at radius 3 is 2.95 bits per heavy atom. The van der Waals surface area contributed by atoms with Crippen LogP contribution in [0.15, 0.2) is 18.2 Å². The SMILES string of the molecule is N#Cc1ccc(N(CCO)CC2CCCN2)cc1[N+](=O)[O-]. The van der Waals surface area contributed by atoms with Crippen molar-refractivity contribution in [3.63, 3.8) is 0 Å². The van der Waals surface area contributed by atoms with Gasteiger partial charge in [0.1, 0.15) is 11.6 Å². The van der Waals surface area contributed by atoms with E-state index in [1.54, 1.807) is 6.07 Å². The van der Waals surface area contributed by atoms with E-state index in [0.29, 0.717) is 24.8 Å². The summed E-state index contributed by atoms with van der Waals surface area (Å²) in [4.78, 5) is 12.4. The maximum absolute atomic E-state index is 11.0. The highest BCUT2D eigenvalue weighted by molar-refractivity contribution is 5.60. The standard InChI is InChI=1S/C14H18N4O3/c15-9-11-3-4-13(8-14(11)18(20)21)17(6-7-19)10-12-2-1-5-16-12/h3-4,8,12,16,19H,1-2,5-7,10H2. The molecule has 0 radical (unpaired) electrons. The van der Waals surface area contributed by atoms with Gasteiger partial charge in [-0.15, -0.1) is 0 Å². The third-order valence-corrected chi connectivity index (χ3v) is 3.64. The normalized spacial score (nSPS) is 17.4. The van der Waals surface area contributed by atoms with Crippen molar-refractivity contribution in [3.05, 3.63) is 33.9 Å². The second-order valence-corrected chi connectivity index (χ2v) is 5.03. The molecule has 0 amide bonds. The number of aliphatic hydroxyl groups is 1. The average molecular weight is 290 g/mol. The van der Waals surface area contributed by atoms with Crippen LogP contribution < -0.4 is 10.2 Å². The molecule has 21 heavy (non-hydrogen) atoms. The summed E-state index contributed by atoms with van der Waals surface area (Å²) in [6, 6.07) is 6.71. The van der Waals surface area contributed by atoms with Gasteiger partial charge in [0.15, 0.2) is 0 Å². The van der Waals surface area contributed by atoms with Gasteiger partial charge in [-0.25, -0.2) is 0 Å². The molecule has 1 aromatic rings.